The van der Waals surface area contributed by atoms with Gasteiger partial charge in [-0.2, -0.15) is 0 Å². The number of rotatable bonds is 3. The second-order valence-electron chi connectivity index (χ2n) is 5.06. The largest absolute Gasteiger partial charge is 0.336 e. The van der Waals surface area contributed by atoms with Gasteiger partial charge in [0.15, 0.2) is 0 Å². The zero-order valence-electron chi connectivity index (χ0n) is 10.9. The Balaban J connectivity index is 1.71. The minimum atomic E-state index is 0.0368. The fourth-order valence-corrected chi connectivity index (χ4v) is 2.70. The summed E-state index contributed by atoms with van der Waals surface area (Å²) >= 11 is 0. The van der Waals surface area contributed by atoms with Gasteiger partial charge >= 0.3 is 6.03 Å². The molecular weight excluding hydrogens is 238 g/mol. The summed E-state index contributed by atoms with van der Waals surface area (Å²) in [7, 11) is 0. The van der Waals surface area contributed by atoms with Gasteiger partial charge in [0, 0.05) is 19.6 Å². The lowest BCUT2D eigenvalue weighted by Crippen LogP contribution is -2.48. The maximum absolute atomic E-state index is 11.7. The van der Waals surface area contributed by atoms with Crippen molar-refractivity contribution in [1.29, 1.82) is 0 Å². The van der Waals surface area contributed by atoms with Crippen LogP contribution in [0.1, 0.15) is 12.0 Å². The third-order valence-electron chi connectivity index (χ3n) is 3.69. The summed E-state index contributed by atoms with van der Waals surface area (Å²) in [5.41, 5.74) is 2.75. The molecule has 1 unspecified atom stereocenters. The van der Waals surface area contributed by atoms with Crippen molar-refractivity contribution in [2.24, 2.45) is 0 Å². The standard InChI is InChI=1S/C15H19N3O/c19-15-17-8-9-18(15)14-11-13(6-7-16-14)10-12-4-2-1-3-5-12/h1-5,11,14,16H,6-10H2,(H,17,19). The van der Waals surface area contributed by atoms with Crippen LogP contribution in [0, 0.1) is 0 Å². The van der Waals surface area contributed by atoms with Gasteiger partial charge in [-0.05, 0) is 24.5 Å². The topological polar surface area (TPSA) is 44.4 Å². The van der Waals surface area contributed by atoms with Crippen molar-refractivity contribution < 1.29 is 4.79 Å². The van der Waals surface area contributed by atoms with Gasteiger partial charge in [-0.25, -0.2) is 4.79 Å². The van der Waals surface area contributed by atoms with E-state index in [0.29, 0.717) is 0 Å². The van der Waals surface area contributed by atoms with E-state index in [1.165, 1.54) is 11.1 Å². The molecule has 2 N–H and O–H groups in total. The van der Waals surface area contributed by atoms with Crippen molar-refractivity contribution in [3.63, 3.8) is 0 Å². The first-order valence-electron chi connectivity index (χ1n) is 6.84. The first kappa shape index (κ1) is 12.2. The van der Waals surface area contributed by atoms with Crippen molar-refractivity contribution in [1.82, 2.24) is 15.5 Å². The van der Waals surface area contributed by atoms with Crippen LogP contribution in [0.25, 0.3) is 0 Å². The summed E-state index contributed by atoms with van der Waals surface area (Å²) in [6.07, 6.45) is 4.30. The van der Waals surface area contributed by atoms with Gasteiger partial charge in [0.05, 0.1) is 0 Å². The summed E-state index contributed by atoms with van der Waals surface area (Å²) in [6.45, 7) is 2.47. The summed E-state index contributed by atoms with van der Waals surface area (Å²) in [4.78, 5) is 13.5. The summed E-state index contributed by atoms with van der Waals surface area (Å²) in [5, 5.41) is 6.25. The summed E-state index contributed by atoms with van der Waals surface area (Å²) in [6, 6.07) is 10.5. The zero-order valence-corrected chi connectivity index (χ0v) is 10.9. The molecule has 0 aromatic heterocycles. The SMILES string of the molecule is O=C1NCCN1C1C=C(Cc2ccccc2)CCN1. The highest BCUT2D eigenvalue weighted by atomic mass is 16.2. The van der Waals surface area contributed by atoms with E-state index >= 15 is 0 Å². The number of hydrogen-bond donors (Lipinski definition) is 2. The molecular formula is C15H19N3O. The molecule has 0 radical (unpaired) electrons. The van der Waals surface area contributed by atoms with Crippen LogP contribution >= 0.6 is 0 Å². The Hall–Kier alpha value is -1.81. The number of urea groups is 1. The number of carbonyl (C=O) groups excluding carboxylic acids is 1. The Labute approximate surface area is 113 Å². The van der Waals surface area contributed by atoms with Crippen molar-refractivity contribution in [3.05, 3.63) is 47.5 Å². The van der Waals surface area contributed by atoms with Crippen LogP contribution in [0.4, 0.5) is 4.79 Å². The van der Waals surface area contributed by atoms with E-state index in [9.17, 15) is 4.79 Å². The zero-order chi connectivity index (χ0) is 13.1. The van der Waals surface area contributed by atoms with Crippen LogP contribution < -0.4 is 10.6 Å². The highest BCUT2D eigenvalue weighted by Gasteiger charge is 2.27. The Morgan fingerprint density at radius 2 is 2.05 bits per heavy atom. The number of nitrogens with zero attached hydrogens (tertiary/aromatic N) is 1. The molecule has 0 spiro atoms. The van der Waals surface area contributed by atoms with E-state index in [4.69, 9.17) is 0 Å². The molecule has 4 heteroatoms. The third kappa shape index (κ3) is 2.79. The lowest BCUT2D eigenvalue weighted by atomic mass is 9.99. The molecule has 0 bridgehead atoms. The van der Waals surface area contributed by atoms with E-state index in [1.807, 2.05) is 11.0 Å². The highest BCUT2D eigenvalue weighted by Crippen LogP contribution is 2.17. The predicted octanol–water partition coefficient (Wildman–Crippen LogP) is 1.50. The number of carbonyl (C=O) groups is 1. The molecule has 1 fully saturated rings. The monoisotopic (exact) mass is 257 g/mol. The molecule has 3 rings (SSSR count). The van der Waals surface area contributed by atoms with Gasteiger partial charge < -0.3 is 10.2 Å². The van der Waals surface area contributed by atoms with Crippen LogP contribution in [0.5, 0.6) is 0 Å². The molecule has 2 aliphatic heterocycles. The van der Waals surface area contributed by atoms with E-state index in [0.717, 1.165) is 32.5 Å². The van der Waals surface area contributed by atoms with Crippen molar-refractivity contribution in [2.75, 3.05) is 19.6 Å². The first-order chi connectivity index (χ1) is 9.33. The molecule has 2 heterocycles. The molecule has 4 nitrogen and oxygen atoms in total. The lowest BCUT2D eigenvalue weighted by Gasteiger charge is -2.29. The maximum Gasteiger partial charge on any atom is 0.319 e. The Morgan fingerprint density at radius 1 is 1.21 bits per heavy atom. The van der Waals surface area contributed by atoms with Crippen LogP contribution in [-0.4, -0.2) is 36.7 Å². The predicted molar refractivity (Wildman–Crippen MR) is 74.7 cm³/mol. The Bertz CT molecular complexity index is 483. The first-order valence-corrected chi connectivity index (χ1v) is 6.84. The fraction of sp³-hybridized carbons (Fsp3) is 0.400. The van der Waals surface area contributed by atoms with Crippen molar-refractivity contribution in [3.8, 4) is 0 Å². The summed E-state index contributed by atoms with van der Waals surface area (Å²) < 4.78 is 0. The number of hydrogen-bond acceptors (Lipinski definition) is 2. The van der Waals surface area contributed by atoms with Crippen molar-refractivity contribution >= 4 is 6.03 Å². The Kier molecular flexibility index (Phi) is 3.51. The molecule has 19 heavy (non-hydrogen) atoms. The van der Waals surface area contributed by atoms with Gasteiger partial charge in [0.2, 0.25) is 0 Å². The fourth-order valence-electron chi connectivity index (χ4n) is 2.70. The van der Waals surface area contributed by atoms with Crippen molar-refractivity contribution in [2.45, 2.75) is 19.0 Å². The quantitative estimate of drug-likeness (QED) is 0.806. The molecule has 0 saturated carbocycles. The van der Waals surface area contributed by atoms with Gasteiger partial charge in [-0.15, -0.1) is 0 Å². The second kappa shape index (κ2) is 5.45. The van der Waals surface area contributed by atoms with Crippen LogP contribution in [-0.2, 0) is 6.42 Å². The summed E-state index contributed by atoms with van der Waals surface area (Å²) in [5.74, 6) is 0. The molecule has 2 amide bonds. The van der Waals surface area contributed by atoms with E-state index < -0.39 is 0 Å². The average Bonchev–Trinajstić information content (AvgIpc) is 2.86. The number of nitrogens with one attached hydrogen (secondary N) is 2. The molecule has 1 atom stereocenters. The average molecular weight is 257 g/mol. The van der Waals surface area contributed by atoms with Gasteiger partial charge in [0.1, 0.15) is 6.17 Å². The number of benzene rings is 1. The second-order valence-corrected chi connectivity index (χ2v) is 5.06. The third-order valence-corrected chi connectivity index (χ3v) is 3.69. The van der Waals surface area contributed by atoms with Crippen LogP contribution in [0.15, 0.2) is 42.0 Å². The van der Waals surface area contributed by atoms with Crippen LogP contribution in [0.2, 0.25) is 0 Å². The van der Waals surface area contributed by atoms with Gasteiger partial charge in [-0.1, -0.05) is 35.9 Å². The molecule has 1 aromatic rings. The van der Waals surface area contributed by atoms with E-state index in [-0.39, 0.29) is 12.2 Å². The molecule has 0 aliphatic carbocycles. The minimum absolute atomic E-state index is 0.0368. The smallest absolute Gasteiger partial charge is 0.319 e. The molecule has 1 saturated heterocycles. The van der Waals surface area contributed by atoms with E-state index in [1.54, 1.807) is 0 Å². The lowest BCUT2D eigenvalue weighted by molar-refractivity contribution is 0.197. The van der Waals surface area contributed by atoms with E-state index in [2.05, 4.69) is 41.0 Å². The number of amides is 2. The normalized spacial score (nSPS) is 23.2. The molecule has 100 valence electrons. The van der Waals surface area contributed by atoms with Gasteiger partial charge in [-0.3, -0.25) is 5.32 Å². The van der Waals surface area contributed by atoms with Crippen LogP contribution in [0.3, 0.4) is 0 Å². The Morgan fingerprint density at radius 3 is 2.79 bits per heavy atom. The maximum atomic E-state index is 11.7. The minimum Gasteiger partial charge on any atom is -0.336 e. The molecule has 2 aliphatic rings. The molecule has 1 aromatic carbocycles. The highest BCUT2D eigenvalue weighted by molar-refractivity contribution is 5.76. The van der Waals surface area contributed by atoms with Gasteiger partial charge in [0.25, 0.3) is 0 Å².